The molecular formula is C21H17N5O5. The Morgan fingerprint density at radius 3 is 2.65 bits per heavy atom. The number of fused-ring (bicyclic) bond motifs is 3. The normalized spacial score (nSPS) is 11.4. The highest BCUT2D eigenvalue weighted by atomic mass is 16.6. The maximum atomic E-state index is 12.6. The first-order chi connectivity index (χ1) is 14.8. The van der Waals surface area contributed by atoms with E-state index in [0.717, 1.165) is 5.56 Å². The Kier molecular flexibility index (Phi) is 5.04. The summed E-state index contributed by atoms with van der Waals surface area (Å²) < 4.78 is 8.36. The van der Waals surface area contributed by atoms with Crippen LogP contribution in [0, 0.1) is 17.0 Å². The minimum atomic E-state index is -0.611. The van der Waals surface area contributed by atoms with Crippen LogP contribution < -0.4 is 5.56 Å². The Balaban J connectivity index is 1.56. The molecule has 0 aliphatic heterocycles. The summed E-state index contributed by atoms with van der Waals surface area (Å²) in [5, 5.41) is 19.3. The molecule has 2 aromatic carbocycles. The van der Waals surface area contributed by atoms with Crippen molar-refractivity contribution in [2.45, 2.75) is 13.5 Å². The lowest BCUT2D eigenvalue weighted by Gasteiger charge is -2.08. The van der Waals surface area contributed by atoms with Crippen molar-refractivity contribution in [3.63, 3.8) is 0 Å². The zero-order valence-corrected chi connectivity index (χ0v) is 16.7. The molecule has 0 spiro atoms. The summed E-state index contributed by atoms with van der Waals surface area (Å²) in [6, 6.07) is 11.2. The number of benzene rings is 2. The summed E-state index contributed by atoms with van der Waals surface area (Å²) in [5.74, 6) is 0.102. The molecule has 0 saturated heterocycles. The first-order valence-corrected chi connectivity index (χ1v) is 9.28. The Hall–Kier alpha value is -4.34. The molecule has 0 aliphatic carbocycles. The molecule has 0 atom stereocenters. The van der Waals surface area contributed by atoms with Crippen LogP contribution in [0.4, 0.5) is 5.69 Å². The number of carbonyl (C=O) groups excluding carboxylic acids is 1. The summed E-state index contributed by atoms with van der Waals surface area (Å²) in [6.07, 6.45) is 2.72. The highest BCUT2D eigenvalue weighted by Crippen LogP contribution is 2.17. The Bertz CT molecular complexity index is 1420. The van der Waals surface area contributed by atoms with Crippen LogP contribution in [-0.4, -0.2) is 30.1 Å². The molecule has 0 amide bonds. The van der Waals surface area contributed by atoms with Gasteiger partial charge in [0.15, 0.2) is 12.4 Å². The molecule has 156 valence electrons. The number of hydrogen-bond acceptors (Lipinski definition) is 7. The van der Waals surface area contributed by atoms with Crippen molar-refractivity contribution in [3.05, 3.63) is 86.0 Å². The van der Waals surface area contributed by atoms with Crippen molar-refractivity contribution in [2.24, 2.45) is 7.05 Å². The molecule has 10 heteroatoms. The summed E-state index contributed by atoms with van der Waals surface area (Å²) >= 11 is 0. The maximum absolute atomic E-state index is 12.6. The van der Waals surface area contributed by atoms with Crippen molar-refractivity contribution in [2.75, 3.05) is 0 Å². The van der Waals surface area contributed by atoms with Gasteiger partial charge in [-0.2, -0.15) is 0 Å². The zero-order chi connectivity index (χ0) is 22.1. The predicted octanol–water partition coefficient (Wildman–Crippen LogP) is 2.55. The maximum Gasteiger partial charge on any atom is 0.331 e. The summed E-state index contributed by atoms with van der Waals surface area (Å²) in [6.45, 7) is 1.75. The Morgan fingerprint density at radius 1 is 1.19 bits per heavy atom. The lowest BCUT2D eigenvalue weighted by atomic mass is 10.1. The SMILES string of the molecule is Cc1ccc2c(c1)c(=O)n(C)c1nnc(COC(=O)C=Cc3ccc([N+](=O)[O-])cc3)n21. The summed E-state index contributed by atoms with van der Waals surface area (Å²) in [7, 11) is 1.61. The van der Waals surface area contributed by atoms with Crippen LogP contribution in [0.2, 0.25) is 0 Å². The highest BCUT2D eigenvalue weighted by Gasteiger charge is 2.15. The molecule has 10 nitrogen and oxygen atoms in total. The van der Waals surface area contributed by atoms with Crippen molar-refractivity contribution < 1.29 is 14.5 Å². The van der Waals surface area contributed by atoms with Crippen molar-refractivity contribution in [1.82, 2.24) is 19.2 Å². The minimum Gasteiger partial charge on any atom is -0.454 e. The highest BCUT2D eigenvalue weighted by molar-refractivity contribution is 5.87. The lowest BCUT2D eigenvalue weighted by molar-refractivity contribution is -0.384. The number of nitrogens with zero attached hydrogens (tertiary/aromatic N) is 5. The van der Waals surface area contributed by atoms with Crippen LogP contribution in [-0.2, 0) is 23.2 Å². The van der Waals surface area contributed by atoms with Crippen LogP contribution in [0.25, 0.3) is 22.8 Å². The second-order valence-corrected chi connectivity index (χ2v) is 6.93. The number of carbonyl (C=O) groups is 1. The van der Waals surface area contributed by atoms with Gasteiger partial charge in [-0.15, -0.1) is 10.2 Å². The Labute approximate surface area is 175 Å². The molecule has 0 unspecified atom stereocenters. The molecule has 0 bridgehead atoms. The standard InChI is InChI=1S/C21H17N5O5/c1-13-3-9-17-16(11-13)20(28)24(2)21-23-22-18(25(17)21)12-31-19(27)10-6-14-4-7-15(8-5-14)26(29)30/h3-11H,12H2,1-2H3. The van der Waals surface area contributed by atoms with E-state index in [1.54, 1.807) is 17.5 Å². The number of hydrogen-bond donors (Lipinski definition) is 0. The summed E-state index contributed by atoms with van der Waals surface area (Å²) in [5.41, 5.74) is 1.97. The first-order valence-electron chi connectivity index (χ1n) is 9.28. The van der Waals surface area contributed by atoms with Crippen LogP contribution in [0.5, 0.6) is 0 Å². The van der Waals surface area contributed by atoms with Gasteiger partial charge in [-0.25, -0.2) is 4.79 Å². The number of aromatic nitrogens is 4. The fraction of sp³-hybridized carbons (Fsp3) is 0.143. The average molecular weight is 419 g/mol. The van der Waals surface area contributed by atoms with Crippen molar-refractivity contribution in [3.8, 4) is 0 Å². The quantitative estimate of drug-likeness (QED) is 0.211. The fourth-order valence-corrected chi connectivity index (χ4v) is 3.21. The van der Waals surface area contributed by atoms with Crippen LogP contribution >= 0.6 is 0 Å². The molecule has 4 rings (SSSR count). The van der Waals surface area contributed by atoms with E-state index in [4.69, 9.17) is 4.74 Å². The van der Waals surface area contributed by atoms with E-state index in [0.29, 0.717) is 28.1 Å². The third kappa shape index (κ3) is 3.78. The predicted molar refractivity (Wildman–Crippen MR) is 112 cm³/mol. The van der Waals surface area contributed by atoms with Gasteiger partial charge in [-0.1, -0.05) is 11.6 Å². The largest absolute Gasteiger partial charge is 0.454 e. The van der Waals surface area contributed by atoms with Crippen molar-refractivity contribution in [1.29, 1.82) is 0 Å². The van der Waals surface area contributed by atoms with E-state index in [1.807, 2.05) is 19.1 Å². The van der Waals surface area contributed by atoms with Crippen LogP contribution in [0.15, 0.2) is 53.3 Å². The molecular weight excluding hydrogens is 402 g/mol. The second kappa shape index (κ2) is 7.82. The molecule has 0 fully saturated rings. The smallest absolute Gasteiger partial charge is 0.331 e. The molecule has 2 heterocycles. The topological polar surface area (TPSA) is 122 Å². The van der Waals surface area contributed by atoms with Gasteiger partial charge >= 0.3 is 5.97 Å². The number of nitro groups is 1. The van der Waals surface area contributed by atoms with Gasteiger partial charge in [0.2, 0.25) is 5.78 Å². The third-order valence-electron chi connectivity index (χ3n) is 4.80. The van der Waals surface area contributed by atoms with E-state index in [-0.39, 0.29) is 17.9 Å². The zero-order valence-electron chi connectivity index (χ0n) is 16.7. The van der Waals surface area contributed by atoms with E-state index < -0.39 is 10.9 Å². The van der Waals surface area contributed by atoms with Gasteiger partial charge in [0.25, 0.3) is 11.2 Å². The summed E-state index contributed by atoms with van der Waals surface area (Å²) in [4.78, 5) is 34.9. The fourth-order valence-electron chi connectivity index (χ4n) is 3.21. The molecule has 2 aromatic heterocycles. The van der Waals surface area contributed by atoms with Gasteiger partial charge in [0, 0.05) is 25.3 Å². The number of rotatable bonds is 5. The molecule has 0 N–H and O–H groups in total. The molecule has 0 aliphatic rings. The lowest BCUT2D eigenvalue weighted by Crippen LogP contribution is -2.20. The molecule has 0 radical (unpaired) electrons. The van der Waals surface area contributed by atoms with Gasteiger partial charge in [-0.05, 0) is 42.8 Å². The van der Waals surface area contributed by atoms with E-state index in [1.165, 1.54) is 41.0 Å². The van der Waals surface area contributed by atoms with Crippen LogP contribution in [0.1, 0.15) is 17.0 Å². The van der Waals surface area contributed by atoms with Gasteiger partial charge in [0.05, 0.1) is 15.8 Å². The van der Waals surface area contributed by atoms with Gasteiger partial charge < -0.3 is 4.74 Å². The van der Waals surface area contributed by atoms with E-state index >= 15 is 0 Å². The van der Waals surface area contributed by atoms with E-state index in [9.17, 15) is 19.7 Å². The number of aryl methyl sites for hydroxylation is 2. The first kappa shape index (κ1) is 20.0. The number of nitro benzene ring substituents is 1. The monoisotopic (exact) mass is 419 g/mol. The molecule has 31 heavy (non-hydrogen) atoms. The number of ether oxygens (including phenoxy) is 1. The second-order valence-electron chi connectivity index (χ2n) is 6.93. The van der Waals surface area contributed by atoms with Gasteiger partial charge in [0.1, 0.15) is 0 Å². The Morgan fingerprint density at radius 2 is 1.94 bits per heavy atom. The molecule has 4 aromatic rings. The van der Waals surface area contributed by atoms with Gasteiger partial charge in [-0.3, -0.25) is 23.9 Å². The average Bonchev–Trinajstić information content (AvgIpc) is 3.19. The van der Waals surface area contributed by atoms with E-state index in [2.05, 4.69) is 10.2 Å². The van der Waals surface area contributed by atoms with Crippen molar-refractivity contribution >= 4 is 34.4 Å². The third-order valence-corrected chi connectivity index (χ3v) is 4.80. The number of esters is 1. The van der Waals surface area contributed by atoms with Crippen LogP contribution in [0.3, 0.4) is 0 Å². The molecule has 0 saturated carbocycles. The minimum absolute atomic E-state index is 0.0322. The number of non-ortho nitro benzene ring substituents is 1.